The first kappa shape index (κ1) is 16.1. The van der Waals surface area contributed by atoms with Gasteiger partial charge in [0.25, 0.3) is 0 Å². The lowest BCUT2D eigenvalue weighted by Crippen LogP contribution is -2.49. The molecule has 7 N–H and O–H groups in total. The van der Waals surface area contributed by atoms with Gasteiger partial charge in [-0.25, -0.2) is 0 Å². The second kappa shape index (κ2) is 7.39. The van der Waals surface area contributed by atoms with Crippen molar-refractivity contribution in [2.75, 3.05) is 0 Å². The number of nitrogens with two attached hydrogens (primary N) is 1. The molecule has 0 amide bonds. The van der Waals surface area contributed by atoms with E-state index in [-0.39, 0.29) is 24.3 Å². The quantitative estimate of drug-likeness (QED) is 0.270. The Morgan fingerprint density at radius 2 is 1.83 bits per heavy atom. The van der Waals surface area contributed by atoms with E-state index in [4.69, 9.17) is 16.6 Å². The number of aryl methyl sites for hydroxylation is 2. The molecule has 0 aliphatic carbocycles. The predicted octanol–water partition coefficient (Wildman–Crippen LogP) is 0.737. The maximum atomic E-state index is 7.49. The SMILES string of the molecule is Cc1ccc(CNC(=N)NNC(=N)N)cc1C.Cl. The van der Waals surface area contributed by atoms with Crippen LogP contribution in [-0.4, -0.2) is 11.9 Å². The molecule has 0 unspecified atom stereocenters. The van der Waals surface area contributed by atoms with Crippen molar-refractivity contribution in [1.82, 2.24) is 16.2 Å². The van der Waals surface area contributed by atoms with Crippen LogP contribution in [0.4, 0.5) is 0 Å². The minimum Gasteiger partial charge on any atom is -0.369 e. The fourth-order valence-electron chi connectivity index (χ4n) is 1.28. The molecule has 0 saturated heterocycles. The van der Waals surface area contributed by atoms with Crippen molar-refractivity contribution in [2.45, 2.75) is 20.4 Å². The van der Waals surface area contributed by atoms with E-state index in [0.717, 1.165) is 5.56 Å². The number of nitrogens with one attached hydrogen (secondary N) is 5. The van der Waals surface area contributed by atoms with Gasteiger partial charge in [0.05, 0.1) is 0 Å². The Hall–Kier alpha value is -1.95. The Labute approximate surface area is 113 Å². The molecule has 6 nitrogen and oxygen atoms in total. The lowest BCUT2D eigenvalue weighted by molar-refractivity contribution is 0.768. The number of rotatable bonds is 2. The van der Waals surface area contributed by atoms with Crippen LogP contribution in [0.25, 0.3) is 0 Å². The van der Waals surface area contributed by atoms with Crippen molar-refractivity contribution in [2.24, 2.45) is 5.73 Å². The Morgan fingerprint density at radius 3 is 2.39 bits per heavy atom. The summed E-state index contributed by atoms with van der Waals surface area (Å²) < 4.78 is 0. The minimum absolute atomic E-state index is 0. The molecular formula is C11H19ClN6. The number of hydrogen-bond donors (Lipinski definition) is 6. The summed E-state index contributed by atoms with van der Waals surface area (Å²) >= 11 is 0. The van der Waals surface area contributed by atoms with E-state index in [2.05, 4.69) is 42.1 Å². The van der Waals surface area contributed by atoms with Crippen molar-refractivity contribution in [1.29, 1.82) is 10.8 Å². The highest BCUT2D eigenvalue weighted by Gasteiger charge is 1.98. The summed E-state index contributed by atoms with van der Waals surface area (Å²) in [5, 5.41) is 17.3. The Bertz CT molecular complexity index is 432. The minimum atomic E-state index is -0.234. The van der Waals surface area contributed by atoms with Crippen molar-refractivity contribution in [3.63, 3.8) is 0 Å². The van der Waals surface area contributed by atoms with Crippen LogP contribution in [0.15, 0.2) is 18.2 Å². The molecule has 0 saturated carbocycles. The molecule has 1 aromatic rings. The van der Waals surface area contributed by atoms with E-state index >= 15 is 0 Å². The molecule has 1 rings (SSSR count). The summed E-state index contributed by atoms with van der Waals surface area (Å²) in [4.78, 5) is 0. The van der Waals surface area contributed by atoms with Crippen LogP contribution in [0.3, 0.4) is 0 Å². The number of halogens is 1. The van der Waals surface area contributed by atoms with E-state index in [1.54, 1.807) is 0 Å². The van der Waals surface area contributed by atoms with Crippen LogP contribution in [0.2, 0.25) is 0 Å². The van der Waals surface area contributed by atoms with Crippen LogP contribution in [-0.2, 0) is 6.54 Å². The van der Waals surface area contributed by atoms with E-state index in [9.17, 15) is 0 Å². The Kier molecular flexibility index (Phi) is 6.59. The summed E-state index contributed by atoms with van der Waals surface area (Å²) in [5.41, 5.74) is 13.4. The molecule has 0 radical (unpaired) electrons. The number of guanidine groups is 2. The van der Waals surface area contributed by atoms with Crippen LogP contribution in [0.1, 0.15) is 16.7 Å². The predicted molar refractivity (Wildman–Crippen MR) is 75.9 cm³/mol. The van der Waals surface area contributed by atoms with Gasteiger partial charge in [-0.15, -0.1) is 12.4 Å². The van der Waals surface area contributed by atoms with Gasteiger partial charge < -0.3 is 11.1 Å². The van der Waals surface area contributed by atoms with E-state index in [1.807, 2.05) is 6.07 Å². The van der Waals surface area contributed by atoms with E-state index in [1.165, 1.54) is 11.1 Å². The average molecular weight is 271 g/mol. The fraction of sp³-hybridized carbons (Fsp3) is 0.273. The van der Waals surface area contributed by atoms with Gasteiger partial charge in [-0.3, -0.25) is 21.7 Å². The number of hydrogen-bond acceptors (Lipinski definition) is 2. The maximum absolute atomic E-state index is 7.49. The molecule has 0 bridgehead atoms. The van der Waals surface area contributed by atoms with Gasteiger partial charge in [-0.2, -0.15) is 0 Å². The van der Waals surface area contributed by atoms with Crippen molar-refractivity contribution in [3.05, 3.63) is 34.9 Å². The van der Waals surface area contributed by atoms with Crippen LogP contribution >= 0.6 is 12.4 Å². The molecule has 0 atom stereocenters. The molecule has 0 aliphatic rings. The first-order valence-corrected chi connectivity index (χ1v) is 5.23. The normalized spacial score (nSPS) is 9.00. The van der Waals surface area contributed by atoms with Crippen LogP contribution in [0, 0.1) is 24.7 Å². The summed E-state index contributed by atoms with van der Waals surface area (Å²) in [6, 6.07) is 6.15. The summed E-state index contributed by atoms with van der Waals surface area (Å²) in [5.74, 6) is -0.166. The molecule has 0 heterocycles. The Balaban J connectivity index is 0.00000289. The van der Waals surface area contributed by atoms with Crippen LogP contribution < -0.4 is 21.9 Å². The molecule has 0 fully saturated rings. The van der Waals surface area contributed by atoms with Gasteiger partial charge in [0.1, 0.15) is 0 Å². The molecule has 100 valence electrons. The zero-order valence-corrected chi connectivity index (χ0v) is 11.2. The molecule has 18 heavy (non-hydrogen) atoms. The fourth-order valence-corrected chi connectivity index (χ4v) is 1.28. The molecule has 7 heteroatoms. The summed E-state index contributed by atoms with van der Waals surface area (Å²) in [6.07, 6.45) is 0. The first-order chi connectivity index (χ1) is 7.99. The van der Waals surface area contributed by atoms with E-state index < -0.39 is 0 Å². The molecule has 0 aromatic heterocycles. The highest BCUT2D eigenvalue weighted by Crippen LogP contribution is 2.09. The third-order valence-electron chi connectivity index (χ3n) is 2.36. The maximum Gasteiger partial charge on any atom is 0.207 e. The third-order valence-corrected chi connectivity index (χ3v) is 2.36. The monoisotopic (exact) mass is 270 g/mol. The lowest BCUT2D eigenvalue weighted by atomic mass is 10.1. The van der Waals surface area contributed by atoms with Crippen molar-refractivity contribution < 1.29 is 0 Å². The van der Waals surface area contributed by atoms with Gasteiger partial charge in [-0.1, -0.05) is 18.2 Å². The van der Waals surface area contributed by atoms with Gasteiger partial charge >= 0.3 is 0 Å². The second-order valence-corrected chi connectivity index (χ2v) is 3.81. The Morgan fingerprint density at radius 1 is 1.17 bits per heavy atom. The summed E-state index contributed by atoms with van der Waals surface area (Å²) in [7, 11) is 0. The molecule has 0 aliphatic heterocycles. The second-order valence-electron chi connectivity index (χ2n) is 3.81. The highest BCUT2D eigenvalue weighted by atomic mass is 35.5. The van der Waals surface area contributed by atoms with Gasteiger partial charge in [0, 0.05) is 6.54 Å². The smallest absolute Gasteiger partial charge is 0.207 e. The van der Waals surface area contributed by atoms with E-state index in [0.29, 0.717) is 6.54 Å². The summed E-state index contributed by atoms with van der Waals surface area (Å²) in [6.45, 7) is 4.67. The first-order valence-electron chi connectivity index (χ1n) is 5.23. The number of hydrazine groups is 1. The van der Waals surface area contributed by atoms with Gasteiger partial charge in [0.2, 0.25) is 11.9 Å². The standard InChI is InChI=1S/C11H18N6.ClH/c1-7-3-4-9(5-8(7)2)6-15-11(14)17-16-10(12)13;/h3-5H,6H2,1-2H3,(H4,12,13,16)(H3,14,15,17);1H. The van der Waals surface area contributed by atoms with Gasteiger partial charge in [0.15, 0.2) is 0 Å². The zero-order chi connectivity index (χ0) is 12.8. The highest BCUT2D eigenvalue weighted by molar-refractivity contribution is 5.85. The molecular weight excluding hydrogens is 252 g/mol. The topological polar surface area (TPSA) is 110 Å². The van der Waals surface area contributed by atoms with Crippen LogP contribution in [0.5, 0.6) is 0 Å². The number of benzene rings is 1. The van der Waals surface area contributed by atoms with Gasteiger partial charge in [-0.05, 0) is 30.5 Å². The average Bonchev–Trinajstić information content (AvgIpc) is 2.28. The largest absolute Gasteiger partial charge is 0.369 e. The van der Waals surface area contributed by atoms with Crippen molar-refractivity contribution in [3.8, 4) is 0 Å². The molecule has 0 spiro atoms. The zero-order valence-electron chi connectivity index (χ0n) is 10.4. The van der Waals surface area contributed by atoms with Crippen molar-refractivity contribution >= 4 is 24.3 Å². The molecule has 1 aromatic carbocycles. The lowest BCUT2D eigenvalue weighted by Gasteiger charge is -2.11. The third kappa shape index (κ3) is 5.40.